The monoisotopic (exact) mass is 369 g/mol. The van der Waals surface area contributed by atoms with Gasteiger partial charge in [0.1, 0.15) is 16.8 Å². The lowest BCUT2D eigenvalue weighted by atomic mass is 10.2. The van der Waals surface area contributed by atoms with Gasteiger partial charge in [0.25, 0.3) is 11.5 Å². The smallest absolute Gasteiger partial charge is 0.267 e. The molecule has 0 saturated carbocycles. The maximum absolute atomic E-state index is 13.0. The van der Waals surface area contributed by atoms with Crippen molar-refractivity contribution in [2.24, 2.45) is 0 Å². The summed E-state index contributed by atoms with van der Waals surface area (Å²) in [5.74, 6) is -0.375. The van der Waals surface area contributed by atoms with Gasteiger partial charge in [-0.1, -0.05) is 6.07 Å². The minimum Gasteiger partial charge on any atom is -0.382 e. The second-order valence-corrected chi connectivity index (χ2v) is 6.05. The Kier molecular flexibility index (Phi) is 5.66. The Morgan fingerprint density at radius 1 is 1.33 bits per heavy atom. The summed E-state index contributed by atoms with van der Waals surface area (Å²) < 4.78 is 8.44. The first-order chi connectivity index (χ1) is 13.1. The van der Waals surface area contributed by atoms with Crippen molar-refractivity contribution in [1.82, 2.24) is 19.3 Å². The number of carbonyl (C=O) groups is 1. The largest absolute Gasteiger partial charge is 0.382 e. The first kappa shape index (κ1) is 18.8. The number of hydrogen-bond donors (Lipinski definition) is 2. The molecule has 2 N–H and O–H groups in total. The summed E-state index contributed by atoms with van der Waals surface area (Å²) >= 11 is 0. The van der Waals surface area contributed by atoms with Crippen LogP contribution in [-0.4, -0.2) is 39.6 Å². The van der Waals surface area contributed by atoms with Crippen LogP contribution in [0, 0.1) is 5.41 Å². The lowest BCUT2D eigenvalue weighted by Crippen LogP contribution is -2.35. The number of hydrogen-bond acceptors (Lipinski definition) is 5. The van der Waals surface area contributed by atoms with Crippen molar-refractivity contribution in [3.05, 3.63) is 51.9 Å². The maximum atomic E-state index is 13.0. The third-order valence-corrected chi connectivity index (χ3v) is 4.27. The maximum Gasteiger partial charge on any atom is 0.267 e. The lowest BCUT2D eigenvalue weighted by Gasteiger charge is -2.14. The van der Waals surface area contributed by atoms with Crippen LogP contribution in [0.4, 0.5) is 0 Å². The Balaban J connectivity index is 2.26. The molecular weight excluding hydrogens is 346 g/mol. The molecule has 3 aromatic rings. The Labute approximate surface area is 155 Å². The number of aryl methyl sites for hydroxylation is 1. The summed E-state index contributed by atoms with van der Waals surface area (Å²) in [5, 5.41) is 11.5. The minimum atomic E-state index is -0.375. The molecule has 142 valence electrons. The highest BCUT2D eigenvalue weighted by molar-refractivity contribution is 5.96. The number of rotatable bonds is 7. The molecule has 3 heterocycles. The third-order valence-electron chi connectivity index (χ3n) is 4.27. The fraction of sp³-hybridized carbons (Fsp3) is 0.368. The van der Waals surface area contributed by atoms with E-state index in [1.54, 1.807) is 29.0 Å². The fourth-order valence-corrected chi connectivity index (χ4v) is 3.00. The molecule has 0 fully saturated rings. The zero-order chi connectivity index (χ0) is 19.4. The van der Waals surface area contributed by atoms with Gasteiger partial charge in [-0.25, -0.2) is 4.98 Å². The minimum absolute atomic E-state index is 0.0390. The van der Waals surface area contributed by atoms with Crippen LogP contribution in [0.2, 0.25) is 0 Å². The quantitative estimate of drug-likeness (QED) is 0.484. The van der Waals surface area contributed by atoms with Gasteiger partial charge >= 0.3 is 0 Å². The Hall–Kier alpha value is -3.00. The van der Waals surface area contributed by atoms with Crippen molar-refractivity contribution in [2.45, 2.75) is 26.8 Å². The predicted octanol–water partition coefficient (Wildman–Crippen LogP) is 1.30. The summed E-state index contributed by atoms with van der Waals surface area (Å²) in [7, 11) is 0. The molecule has 0 bridgehead atoms. The van der Waals surface area contributed by atoms with Gasteiger partial charge in [-0.05, 0) is 38.5 Å². The molecule has 0 spiro atoms. The molecule has 0 aliphatic rings. The summed E-state index contributed by atoms with van der Waals surface area (Å²) in [4.78, 5) is 29.9. The van der Waals surface area contributed by atoms with Gasteiger partial charge in [-0.15, -0.1) is 0 Å². The van der Waals surface area contributed by atoms with Crippen LogP contribution in [0.25, 0.3) is 16.7 Å². The zero-order valence-corrected chi connectivity index (χ0v) is 15.5. The number of nitrogens with zero attached hydrogens (tertiary/aromatic N) is 3. The van der Waals surface area contributed by atoms with E-state index in [9.17, 15) is 9.59 Å². The molecule has 8 heteroatoms. The lowest BCUT2D eigenvalue weighted by molar-refractivity contribution is 0.0953. The van der Waals surface area contributed by atoms with Gasteiger partial charge in [0.15, 0.2) is 0 Å². The van der Waals surface area contributed by atoms with Crippen LogP contribution in [0.1, 0.15) is 30.6 Å². The topological polar surface area (TPSA) is 101 Å². The number of nitrogens with one attached hydrogen (secondary N) is 2. The molecule has 0 aliphatic heterocycles. The van der Waals surface area contributed by atoms with Crippen LogP contribution in [0.3, 0.4) is 0 Å². The van der Waals surface area contributed by atoms with Crippen LogP contribution >= 0.6 is 0 Å². The first-order valence-corrected chi connectivity index (χ1v) is 9.04. The Morgan fingerprint density at radius 3 is 2.89 bits per heavy atom. The highest BCUT2D eigenvalue weighted by Gasteiger charge is 2.16. The average Bonchev–Trinajstić information content (AvgIpc) is 2.67. The van der Waals surface area contributed by atoms with Crippen molar-refractivity contribution in [3.63, 3.8) is 0 Å². The van der Waals surface area contributed by atoms with Gasteiger partial charge in [0, 0.05) is 32.5 Å². The molecule has 0 aliphatic carbocycles. The molecule has 0 atom stereocenters. The summed E-state index contributed by atoms with van der Waals surface area (Å²) in [6.07, 6.45) is 2.29. The highest BCUT2D eigenvalue weighted by atomic mass is 16.5. The van der Waals surface area contributed by atoms with Crippen LogP contribution < -0.4 is 16.4 Å². The second-order valence-electron chi connectivity index (χ2n) is 6.05. The van der Waals surface area contributed by atoms with E-state index in [1.165, 1.54) is 10.5 Å². The number of aromatic nitrogens is 3. The highest BCUT2D eigenvalue weighted by Crippen LogP contribution is 2.11. The Bertz CT molecular complexity index is 1100. The standard InChI is InChI=1S/C19H23N5O3/c1-3-21-18(25)13-12-14-17(24(16(13)20)10-7-11-27-4-2)22-15-8-5-6-9-23(15)19(14)26/h5-6,8-9,12,20H,3-4,7,10-11H2,1-2H3,(H,21,25). The van der Waals surface area contributed by atoms with Crippen molar-refractivity contribution in [3.8, 4) is 0 Å². The number of pyridine rings is 2. The normalized spacial score (nSPS) is 11.2. The van der Waals surface area contributed by atoms with E-state index >= 15 is 0 Å². The van der Waals surface area contributed by atoms with Gasteiger partial charge in [-0.3, -0.25) is 19.4 Å². The number of ether oxygens (including phenoxy) is 1. The van der Waals surface area contributed by atoms with Gasteiger partial charge in [0.2, 0.25) is 0 Å². The molecule has 8 nitrogen and oxygen atoms in total. The number of fused-ring (bicyclic) bond motifs is 2. The van der Waals surface area contributed by atoms with Crippen LogP contribution in [0.15, 0.2) is 35.3 Å². The van der Waals surface area contributed by atoms with Crippen molar-refractivity contribution in [1.29, 1.82) is 5.41 Å². The molecule has 1 amide bonds. The van der Waals surface area contributed by atoms with Gasteiger partial charge < -0.3 is 14.6 Å². The molecule has 3 rings (SSSR count). The first-order valence-electron chi connectivity index (χ1n) is 9.04. The molecule has 3 aromatic heterocycles. The van der Waals surface area contributed by atoms with Crippen molar-refractivity contribution >= 4 is 22.6 Å². The van der Waals surface area contributed by atoms with Crippen LogP contribution in [0.5, 0.6) is 0 Å². The molecule has 0 radical (unpaired) electrons. The molecule has 0 aromatic carbocycles. The van der Waals surface area contributed by atoms with Crippen LogP contribution in [-0.2, 0) is 11.3 Å². The van der Waals surface area contributed by atoms with E-state index in [1.807, 2.05) is 13.8 Å². The summed E-state index contributed by atoms with van der Waals surface area (Å²) in [6.45, 7) is 5.74. The molecular formula is C19H23N5O3. The van der Waals surface area contributed by atoms with Gasteiger partial charge in [0.05, 0.1) is 10.9 Å². The predicted molar refractivity (Wildman–Crippen MR) is 102 cm³/mol. The number of carbonyl (C=O) groups excluding carboxylic acids is 1. The van der Waals surface area contributed by atoms with E-state index in [4.69, 9.17) is 10.1 Å². The Morgan fingerprint density at radius 2 is 2.15 bits per heavy atom. The fourth-order valence-electron chi connectivity index (χ4n) is 3.00. The molecule has 0 saturated heterocycles. The summed E-state index contributed by atoms with van der Waals surface area (Å²) in [6, 6.07) is 6.77. The average molecular weight is 369 g/mol. The molecule has 27 heavy (non-hydrogen) atoms. The van der Waals surface area contributed by atoms with Crippen molar-refractivity contribution < 1.29 is 9.53 Å². The van der Waals surface area contributed by atoms with E-state index in [0.29, 0.717) is 49.4 Å². The molecule has 0 unspecified atom stereocenters. The summed E-state index contributed by atoms with van der Waals surface area (Å²) in [5.41, 5.74) is 0.840. The van der Waals surface area contributed by atoms with E-state index in [-0.39, 0.29) is 22.5 Å². The second kappa shape index (κ2) is 8.13. The van der Waals surface area contributed by atoms with E-state index in [0.717, 1.165) is 0 Å². The SMILES string of the molecule is CCNC(=O)c1cc2c(=O)n3ccccc3nc2n(CCCOCC)c1=N. The van der Waals surface area contributed by atoms with E-state index in [2.05, 4.69) is 10.3 Å². The van der Waals surface area contributed by atoms with E-state index < -0.39 is 0 Å². The van der Waals surface area contributed by atoms with Gasteiger partial charge in [-0.2, -0.15) is 0 Å². The number of amides is 1. The van der Waals surface area contributed by atoms with Crippen molar-refractivity contribution in [2.75, 3.05) is 19.8 Å². The third kappa shape index (κ3) is 3.61. The zero-order valence-electron chi connectivity index (χ0n) is 15.5.